The molecular weight excluding hydrogens is 769 g/mol. The van der Waals surface area contributed by atoms with Crippen molar-refractivity contribution in [1.29, 1.82) is 0 Å². The Morgan fingerprint density at radius 2 is 1.58 bits per heavy atom. The van der Waals surface area contributed by atoms with Crippen LogP contribution in [-0.4, -0.2) is 82.1 Å². The van der Waals surface area contributed by atoms with Crippen molar-refractivity contribution in [2.75, 3.05) is 47.5 Å². The minimum atomic E-state index is -4.72. The maximum atomic E-state index is 13.1. The quantitative estimate of drug-likeness (QED) is 0.0218. The number of nitrogens with zero attached hydrogens (tertiary/aromatic N) is 1. The Labute approximate surface area is 357 Å². The van der Waals surface area contributed by atoms with Gasteiger partial charge >= 0.3 is 17.9 Å². The van der Waals surface area contributed by atoms with Gasteiger partial charge in [-0.15, -0.1) is 0 Å². The Morgan fingerprint density at radius 1 is 0.847 bits per heavy atom. The van der Waals surface area contributed by atoms with E-state index >= 15 is 0 Å². The van der Waals surface area contributed by atoms with Gasteiger partial charge in [0, 0.05) is 12.8 Å². The number of fused-ring (bicyclic) bond motifs is 5. The summed E-state index contributed by atoms with van der Waals surface area (Å²) in [6, 6.07) is 0. The number of hydrogen-bond donors (Lipinski definition) is 0. The van der Waals surface area contributed by atoms with Crippen LogP contribution in [0.15, 0.2) is 11.6 Å². The molecule has 4 aliphatic carbocycles. The number of phosphoric ester groups is 1. The molecular formula is C47H82NO10P. The van der Waals surface area contributed by atoms with Gasteiger partial charge in [-0.2, -0.15) is 0 Å². The molecule has 4 aliphatic rings. The molecule has 0 heterocycles. The van der Waals surface area contributed by atoms with E-state index in [9.17, 15) is 23.8 Å². The van der Waals surface area contributed by atoms with E-state index in [1.807, 2.05) is 21.1 Å². The van der Waals surface area contributed by atoms with Crippen LogP contribution >= 0.6 is 7.82 Å². The number of quaternary nitrogens is 1. The fraction of sp³-hybridized carbons (Fsp3) is 0.894. The third-order valence-corrected chi connectivity index (χ3v) is 15.7. The highest BCUT2D eigenvalue weighted by Crippen LogP contribution is 2.67. The number of carbonyl (C=O) groups excluding carboxylic acids is 3. The Bertz CT molecular complexity index is 1440. The van der Waals surface area contributed by atoms with E-state index in [2.05, 4.69) is 47.6 Å². The first-order chi connectivity index (χ1) is 27.8. The molecule has 0 amide bonds. The largest absolute Gasteiger partial charge is 0.756 e. The van der Waals surface area contributed by atoms with Crippen molar-refractivity contribution >= 4 is 25.7 Å². The van der Waals surface area contributed by atoms with Crippen LogP contribution in [0.25, 0.3) is 0 Å². The van der Waals surface area contributed by atoms with Crippen molar-refractivity contribution < 1.29 is 51.6 Å². The second-order valence-corrected chi connectivity index (χ2v) is 22.1. The van der Waals surface area contributed by atoms with Crippen LogP contribution in [0.3, 0.4) is 0 Å². The minimum absolute atomic E-state index is 0.0823. The summed E-state index contributed by atoms with van der Waals surface area (Å²) in [4.78, 5) is 50.9. The predicted octanol–water partition coefficient (Wildman–Crippen LogP) is 9.74. The molecule has 0 radical (unpaired) electrons. The number of carbonyl (C=O) groups is 3. The zero-order valence-electron chi connectivity index (χ0n) is 38.4. The Kier molecular flexibility index (Phi) is 19.0. The van der Waals surface area contributed by atoms with Gasteiger partial charge in [0.2, 0.25) is 0 Å². The lowest BCUT2D eigenvalue weighted by atomic mass is 9.47. The lowest BCUT2D eigenvalue weighted by Gasteiger charge is -2.58. The summed E-state index contributed by atoms with van der Waals surface area (Å²) in [6.45, 7) is 13.8. The normalized spacial score (nSPS) is 29.9. The fourth-order valence-electron chi connectivity index (χ4n) is 11.3. The van der Waals surface area contributed by atoms with E-state index in [0.29, 0.717) is 28.8 Å². The molecule has 0 aromatic rings. The van der Waals surface area contributed by atoms with Gasteiger partial charge in [-0.1, -0.05) is 98.1 Å². The molecule has 0 saturated heterocycles. The highest BCUT2D eigenvalue weighted by Gasteiger charge is 2.59. The van der Waals surface area contributed by atoms with Gasteiger partial charge in [-0.05, 0) is 97.7 Å². The summed E-state index contributed by atoms with van der Waals surface area (Å²) in [5.74, 6) is 2.93. The van der Waals surface area contributed by atoms with Crippen molar-refractivity contribution in [3.8, 4) is 0 Å². The van der Waals surface area contributed by atoms with Crippen molar-refractivity contribution in [2.24, 2.45) is 46.3 Å². The molecule has 59 heavy (non-hydrogen) atoms. The summed E-state index contributed by atoms with van der Waals surface area (Å²) in [5, 5.41) is 0. The lowest BCUT2D eigenvalue weighted by Crippen LogP contribution is -2.51. The number of phosphoric acid groups is 1. The zero-order chi connectivity index (χ0) is 43.4. The second-order valence-electron chi connectivity index (χ2n) is 20.7. The van der Waals surface area contributed by atoms with E-state index in [-0.39, 0.29) is 44.0 Å². The van der Waals surface area contributed by atoms with Crippen molar-refractivity contribution in [3.05, 3.63) is 11.6 Å². The Morgan fingerprint density at radius 3 is 2.29 bits per heavy atom. The summed E-state index contributed by atoms with van der Waals surface area (Å²) in [5.41, 5.74) is 2.02. The number of esters is 3. The van der Waals surface area contributed by atoms with Gasteiger partial charge in [0.25, 0.3) is 7.82 Å². The van der Waals surface area contributed by atoms with Crippen LogP contribution in [0.2, 0.25) is 0 Å². The molecule has 0 spiro atoms. The van der Waals surface area contributed by atoms with Crippen LogP contribution in [-0.2, 0) is 42.2 Å². The van der Waals surface area contributed by atoms with Crippen LogP contribution in [0.4, 0.5) is 0 Å². The lowest BCUT2D eigenvalue weighted by molar-refractivity contribution is -0.870. The highest BCUT2D eigenvalue weighted by molar-refractivity contribution is 7.45. The molecule has 12 heteroatoms. The third kappa shape index (κ3) is 14.9. The number of likely N-dealkylation sites (N-methyl/N-ethyl adjacent to an activating group) is 1. The minimum Gasteiger partial charge on any atom is -0.756 e. The maximum absolute atomic E-state index is 13.1. The summed E-state index contributed by atoms with van der Waals surface area (Å²) in [6.07, 6.45) is 18.7. The Balaban J connectivity index is 1.26. The third-order valence-electron chi connectivity index (χ3n) is 14.7. The molecule has 0 N–H and O–H groups in total. The molecule has 0 aromatic heterocycles. The van der Waals surface area contributed by atoms with Gasteiger partial charge in [-0.3, -0.25) is 18.9 Å². The van der Waals surface area contributed by atoms with E-state index in [1.54, 1.807) is 0 Å². The smallest absolute Gasteiger partial charge is 0.306 e. The zero-order valence-corrected chi connectivity index (χ0v) is 39.3. The molecule has 340 valence electrons. The van der Waals surface area contributed by atoms with Crippen LogP contribution in [0.1, 0.15) is 164 Å². The highest BCUT2D eigenvalue weighted by atomic mass is 31.2. The second kappa shape index (κ2) is 22.5. The Hall–Kier alpha value is -1.78. The molecule has 2 unspecified atom stereocenters. The fourth-order valence-corrected chi connectivity index (χ4v) is 12.1. The molecule has 4 rings (SSSR count). The number of rotatable bonds is 25. The number of hydrogen-bond acceptors (Lipinski definition) is 10. The number of allylic oxidation sites excluding steroid dienone is 1. The first-order valence-electron chi connectivity index (χ1n) is 23.4. The first-order valence-corrected chi connectivity index (χ1v) is 24.9. The first kappa shape index (κ1) is 49.9. The van der Waals surface area contributed by atoms with E-state index < -0.39 is 38.4 Å². The molecule has 10 atom stereocenters. The van der Waals surface area contributed by atoms with Crippen molar-refractivity contribution in [2.45, 2.75) is 176 Å². The van der Waals surface area contributed by atoms with Crippen LogP contribution < -0.4 is 4.89 Å². The van der Waals surface area contributed by atoms with E-state index in [1.165, 1.54) is 50.5 Å². The molecule has 0 aromatic carbocycles. The molecule has 0 bridgehead atoms. The topological polar surface area (TPSA) is 137 Å². The van der Waals surface area contributed by atoms with Gasteiger partial charge in [0.05, 0.1) is 40.6 Å². The summed E-state index contributed by atoms with van der Waals surface area (Å²) in [7, 11) is 0.993. The van der Waals surface area contributed by atoms with Crippen molar-refractivity contribution in [1.82, 2.24) is 0 Å². The predicted molar refractivity (Wildman–Crippen MR) is 229 cm³/mol. The van der Waals surface area contributed by atoms with Gasteiger partial charge in [0.15, 0.2) is 6.10 Å². The standard InChI is InChI=1S/C47H82NO10P/c1-10-11-12-13-14-18-43(49)54-32-38(33-56-59(52,53)55-30-29-48(7,8)9)58-45(51)24-23-44(50)57-37-25-27-46(5)36(31-37)19-20-39-41-22-21-40(35(4)17-15-16-34(2)3)47(41,6)28-26-42(39)46/h19,34-35,37-42H,10-18,20-33H2,1-9H3/t35-,37+,38?,39+,40-,41+,42+,46+,47-/m1/s1. The number of ether oxygens (including phenoxy) is 3. The maximum Gasteiger partial charge on any atom is 0.306 e. The molecule has 0 aliphatic heterocycles. The monoisotopic (exact) mass is 852 g/mol. The molecule has 3 saturated carbocycles. The van der Waals surface area contributed by atoms with Crippen molar-refractivity contribution in [3.63, 3.8) is 0 Å². The summed E-state index contributed by atoms with van der Waals surface area (Å²) < 4.78 is 39.8. The van der Waals surface area contributed by atoms with E-state index in [0.717, 1.165) is 81.0 Å². The van der Waals surface area contributed by atoms with Gasteiger partial charge in [-0.25, -0.2) is 0 Å². The molecule has 3 fully saturated rings. The SMILES string of the molecule is CCCCCCCC(=O)OCC(COP(=O)([O-])OCC[N+](C)(C)C)OC(=O)CCC(=O)O[C@H]1CC[C@@]2(C)C(=CC[C@H]3[C@@H]4CC[C@H]([C@H](C)CCCC(C)C)[C@@]4(C)CC[C@@H]32)C1. The van der Waals surface area contributed by atoms with Gasteiger partial charge < -0.3 is 32.6 Å². The van der Waals surface area contributed by atoms with Crippen LogP contribution in [0.5, 0.6) is 0 Å². The molecule has 11 nitrogen and oxygen atoms in total. The number of unbranched alkanes of at least 4 members (excludes halogenated alkanes) is 4. The summed E-state index contributed by atoms with van der Waals surface area (Å²) >= 11 is 0. The average molecular weight is 852 g/mol. The average Bonchev–Trinajstić information content (AvgIpc) is 3.51. The van der Waals surface area contributed by atoms with Gasteiger partial charge in [0.1, 0.15) is 25.9 Å². The van der Waals surface area contributed by atoms with E-state index in [4.69, 9.17) is 23.3 Å². The van der Waals surface area contributed by atoms with Crippen LogP contribution in [0, 0.1) is 46.3 Å².